The summed E-state index contributed by atoms with van der Waals surface area (Å²) < 4.78 is 21.9. The van der Waals surface area contributed by atoms with E-state index in [2.05, 4.69) is 26.1 Å². The van der Waals surface area contributed by atoms with Gasteiger partial charge in [0.25, 0.3) is 5.91 Å². The monoisotopic (exact) mass is 459 g/mol. The summed E-state index contributed by atoms with van der Waals surface area (Å²) in [5.41, 5.74) is 2.62. The quantitative estimate of drug-likeness (QED) is 0.529. The molecule has 0 bridgehead atoms. The third-order valence-corrected chi connectivity index (χ3v) is 7.57. The summed E-state index contributed by atoms with van der Waals surface area (Å²) in [6.45, 7) is 4.11. The maximum absolute atomic E-state index is 13.3. The van der Waals surface area contributed by atoms with E-state index in [0.717, 1.165) is 59.9 Å². The fourth-order valence-electron chi connectivity index (χ4n) is 4.72. The standard InChI is InChI=1S/C23H30FN5O2S/c1-31-20-13-19-21(32-23-27-18(14-29(19)23)17-4-2-7-25-17)12-16(20)22(30)26-8-3-9-28-10-5-15(24)6-11-28/h12-15,17,25H,2-11H2,1H3,(H,26,30). The van der Waals surface area contributed by atoms with Crippen molar-refractivity contribution in [3.05, 3.63) is 29.6 Å². The second-order valence-electron chi connectivity index (χ2n) is 8.72. The molecule has 2 aliphatic rings. The van der Waals surface area contributed by atoms with Gasteiger partial charge in [0.15, 0.2) is 4.96 Å². The first-order chi connectivity index (χ1) is 15.6. The van der Waals surface area contributed by atoms with Crippen LogP contribution >= 0.6 is 11.3 Å². The number of imidazole rings is 1. The first-order valence-electron chi connectivity index (χ1n) is 11.5. The van der Waals surface area contributed by atoms with Gasteiger partial charge >= 0.3 is 0 Å². The molecule has 2 N–H and O–H groups in total. The Morgan fingerprint density at radius 1 is 1.34 bits per heavy atom. The molecular weight excluding hydrogens is 429 g/mol. The zero-order valence-corrected chi connectivity index (χ0v) is 19.2. The molecule has 0 aliphatic carbocycles. The predicted octanol–water partition coefficient (Wildman–Crippen LogP) is 3.54. The maximum Gasteiger partial charge on any atom is 0.255 e. The molecule has 2 aliphatic heterocycles. The van der Waals surface area contributed by atoms with Crippen LogP contribution in [-0.2, 0) is 0 Å². The molecule has 9 heteroatoms. The summed E-state index contributed by atoms with van der Waals surface area (Å²) >= 11 is 1.59. The van der Waals surface area contributed by atoms with E-state index in [0.29, 0.717) is 36.7 Å². The Labute approximate surface area is 190 Å². The van der Waals surface area contributed by atoms with E-state index in [1.54, 1.807) is 18.4 Å². The number of fused-ring (bicyclic) bond motifs is 3. The molecule has 1 unspecified atom stereocenters. The summed E-state index contributed by atoms with van der Waals surface area (Å²) in [5, 5.41) is 6.51. The highest BCUT2D eigenvalue weighted by Crippen LogP contribution is 2.34. The van der Waals surface area contributed by atoms with Crippen molar-refractivity contribution in [1.82, 2.24) is 24.9 Å². The normalized spacial score (nSPS) is 20.4. The lowest BCUT2D eigenvalue weighted by Gasteiger charge is -2.28. The molecule has 0 saturated carbocycles. The third-order valence-electron chi connectivity index (χ3n) is 6.55. The number of rotatable bonds is 7. The minimum atomic E-state index is -0.653. The first-order valence-corrected chi connectivity index (χ1v) is 12.3. The van der Waals surface area contributed by atoms with Gasteiger partial charge in [-0.25, -0.2) is 9.37 Å². The number of nitrogens with zero attached hydrogens (tertiary/aromatic N) is 3. The largest absolute Gasteiger partial charge is 0.496 e. The van der Waals surface area contributed by atoms with E-state index in [1.165, 1.54) is 6.42 Å². The Hall–Kier alpha value is -2.23. The molecule has 2 aromatic heterocycles. The van der Waals surface area contributed by atoms with Crippen LogP contribution in [0.1, 0.15) is 54.2 Å². The Balaban J connectivity index is 1.27. The molecule has 5 rings (SSSR count). The number of hydrogen-bond acceptors (Lipinski definition) is 6. The third kappa shape index (κ3) is 4.33. The molecule has 3 aromatic rings. The van der Waals surface area contributed by atoms with E-state index >= 15 is 0 Å². The van der Waals surface area contributed by atoms with Crippen molar-refractivity contribution >= 4 is 32.4 Å². The van der Waals surface area contributed by atoms with Crippen LogP contribution in [0.5, 0.6) is 5.75 Å². The zero-order chi connectivity index (χ0) is 22.1. The van der Waals surface area contributed by atoms with Crippen LogP contribution in [0.2, 0.25) is 0 Å². The van der Waals surface area contributed by atoms with Crippen molar-refractivity contribution in [1.29, 1.82) is 0 Å². The van der Waals surface area contributed by atoms with Crippen molar-refractivity contribution in [3.8, 4) is 5.75 Å². The van der Waals surface area contributed by atoms with Gasteiger partial charge in [-0.1, -0.05) is 11.3 Å². The van der Waals surface area contributed by atoms with E-state index in [4.69, 9.17) is 9.72 Å². The molecule has 2 fully saturated rings. The number of carbonyl (C=O) groups excluding carboxylic acids is 1. The first kappa shape index (κ1) is 21.6. The van der Waals surface area contributed by atoms with Gasteiger partial charge in [0, 0.05) is 31.9 Å². The summed E-state index contributed by atoms with van der Waals surface area (Å²) in [5.74, 6) is 0.432. The smallest absolute Gasteiger partial charge is 0.255 e. The Kier molecular flexibility index (Phi) is 6.30. The minimum absolute atomic E-state index is 0.131. The van der Waals surface area contributed by atoms with Gasteiger partial charge in [0.05, 0.1) is 34.6 Å². The molecule has 1 amide bonds. The number of hydrogen-bond donors (Lipinski definition) is 2. The number of halogens is 1. The molecule has 1 aromatic carbocycles. The van der Waals surface area contributed by atoms with Crippen LogP contribution in [-0.4, -0.2) is 66.2 Å². The number of likely N-dealkylation sites (tertiary alicyclic amines) is 1. The molecule has 0 radical (unpaired) electrons. The number of ether oxygens (including phenoxy) is 1. The molecule has 7 nitrogen and oxygen atoms in total. The minimum Gasteiger partial charge on any atom is -0.496 e. The van der Waals surface area contributed by atoms with Crippen LogP contribution in [0.15, 0.2) is 18.3 Å². The van der Waals surface area contributed by atoms with Crippen LogP contribution in [0.25, 0.3) is 15.2 Å². The second-order valence-corrected chi connectivity index (χ2v) is 9.72. The van der Waals surface area contributed by atoms with Crippen molar-refractivity contribution in [3.63, 3.8) is 0 Å². The molecular formula is C23H30FN5O2S. The van der Waals surface area contributed by atoms with Crippen molar-refractivity contribution < 1.29 is 13.9 Å². The van der Waals surface area contributed by atoms with Gasteiger partial charge in [-0.3, -0.25) is 9.20 Å². The highest BCUT2D eigenvalue weighted by atomic mass is 32.1. The van der Waals surface area contributed by atoms with Gasteiger partial charge in [0.1, 0.15) is 11.9 Å². The Morgan fingerprint density at radius 3 is 2.94 bits per heavy atom. The number of benzene rings is 1. The lowest BCUT2D eigenvalue weighted by molar-refractivity contribution is 0.0947. The van der Waals surface area contributed by atoms with Gasteiger partial charge in [0.2, 0.25) is 0 Å². The average molecular weight is 460 g/mol. The van der Waals surface area contributed by atoms with Gasteiger partial charge in [-0.05, 0) is 51.3 Å². The van der Waals surface area contributed by atoms with Crippen LogP contribution in [0, 0.1) is 0 Å². The highest BCUT2D eigenvalue weighted by molar-refractivity contribution is 7.23. The molecule has 4 heterocycles. The number of amides is 1. The SMILES string of the molecule is COc1cc2c(cc1C(=O)NCCCN1CCC(F)CC1)sc1nc(C3CCCN3)cn12. The fourth-order valence-corrected chi connectivity index (χ4v) is 5.75. The summed E-state index contributed by atoms with van der Waals surface area (Å²) in [4.78, 5) is 20.9. The van der Waals surface area contributed by atoms with Gasteiger partial charge in [-0.2, -0.15) is 0 Å². The number of thiazole rings is 1. The maximum atomic E-state index is 13.3. The van der Waals surface area contributed by atoms with Crippen molar-refractivity contribution in [2.24, 2.45) is 0 Å². The number of alkyl halides is 1. The van der Waals surface area contributed by atoms with Gasteiger partial charge < -0.3 is 20.3 Å². The lowest BCUT2D eigenvalue weighted by Crippen LogP contribution is -2.36. The fraction of sp³-hybridized carbons (Fsp3) is 0.565. The Bertz CT molecular complexity index is 1100. The number of carbonyl (C=O) groups is 1. The van der Waals surface area contributed by atoms with E-state index in [-0.39, 0.29) is 5.91 Å². The lowest BCUT2D eigenvalue weighted by atomic mass is 10.1. The van der Waals surface area contributed by atoms with E-state index < -0.39 is 6.17 Å². The molecule has 172 valence electrons. The molecule has 2 saturated heterocycles. The predicted molar refractivity (Wildman–Crippen MR) is 125 cm³/mol. The Morgan fingerprint density at radius 2 is 2.19 bits per heavy atom. The average Bonchev–Trinajstić information content (AvgIpc) is 3.53. The number of aromatic nitrogens is 2. The molecule has 32 heavy (non-hydrogen) atoms. The van der Waals surface area contributed by atoms with E-state index in [1.807, 2.05) is 12.1 Å². The molecule has 0 spiro atoms. The van der Waals surface area contributed by atoms with Crippen molar-refractivity contribution in [2.75, 3.05) is 39.8 Å². The van der Waals surface area contributed by atoms with Crippen LogP contribution < -0.4 is 15.4 Å². The second kappa shape index (κ2) is 9.33. The van der Waals surface area contributed by atoms with Crippen molar-refractivity contribution in [2.45, 2.75) is 44.3 Å². The summed E-state index contributed by atoms with van der Waals surface area (Å²) in [6.07, 6.45) is 5.82. The van der Waals surface area contributed by atoms with Crippen LogP contribution in [0.3, 0.4) is 0 Å². The topological polar surface area (TPSA) is 70.9 Å². The zero-order valence-electron chi connectivity index (χ0n) is 18.4. The number of methoxy groups -OCH3 is 1. The molecule has 1 atom stereocenters. The number of nitrogens with one attached hydrogen (secondary N) is 2. The van der Waals surface area contributed by atoms with Gasteiger partial charge in [-0.15, -0.1) is 0 Å². The summed E-state index contributed by atoms with van der Waals surface area (Å²) in [7, 11) is 1.60. The van der Waals surface area contributed by atoms with Crippen LogP contribution in [0.4, 0.5) is 4.39 Å². The number of piperidine rings is 1. The summed E-state index contributed by atoms with van der Waals surface area (Å²) in [6, 6.07) is 4.16. The highest BCUT2D eigenvalue weighted by Gasteiger charge is 2.22. The van der Waals surface area contributed by atoms with E-state index in [9.17, 15) is 9.18 Å².